The van der Waals surface area contributed by atoms with Crippen LogP contribution in [0.5, 0.6) is 11.5 Å². The third-order valence-corrected chi connectivity index (χ3v) is 4.36. The zero-order valence-electron chi connectivity index (χ0n) is 18.0. The van der Waals surface area contributed by atoms with Crippen molar-refractivity contribution in [3.05, 3.63) is 23.8 Å². The molecule has 2 N–H and O–H groups in total. The van der Waals surface area contributed by atoms with Crippen molar-refractivity contribution in [1.82, 2.24) is 10.6 Å². The van der Waals surface area contributed by atoms with E-state index in [9.17, 15) is 4.79 Å². The zero-order valence-corrected chi connectivity index (χ0v) is 20.4. The minimum Gasteiger partial charge on any atom is -0.493 e. The van der Waals surface area contributed by atoms with E-state index in [-0.39, 0.29) is 42.6 Å². The highest BCUT2D eigenvalue weighted by Gasteiger charge is 2.21. The Balaban J connectivity index is 0.00000420. The van der Waals surface area contributed by atoms with Gasteiger partial charge < -0.3 is 24.8 Å². The van der Waals surface area contributed by atoms with E-state index >= 15 is 0 Å². The van der Waals surface area contributed by atoms with Gasteiger partial charge in [-0.3, -0.25) is 9.79 Å². The van der Waals surface area contributed by atoms with Gasteiger partial charge in [0, 0.05) is 19.2 Å². The maximum atomic E-state index is 11.9. The van der Waals surface area contributed by atoms with Crippen LogP contribution in [0.15, 0.2) is 23.2 Å². The number of aliphatic imine (C=N–C) groups is 1. The molecule has 1 saturated carbocycles. The minimum absolute atomic E-state index is 0. The first-order chi connectivity index (χ1) is 13.3. The minimum atomic E-state index is -0.511. The third-order valence-electron chi connectivity index (χ3n) is 4.36. The number of nitrogens with zero attached hydrogens (tertiary/aromatic N) is 1. The highest BCUT2D eigenvalue weighted by molar-refractivity contribution is 14.0. The number of para-hydroxylation sites is 1. The third kappa shape index (κ3) is 8.67. The van der Waals surface area contributed by atoms with Crippen molar-refractivity contribution in [1.29, 1.82) is 0 Å². The standard InChI is InChI=1S/C21H33N3O4.HI/c1-21(2,3)28-18(25)14-24-20(22-4)23-13-15-9-8-12-17(26-5)19(15)27-16-10-6-7-11-16;/h8-9,12,16H,6-7,10-11,13-14H2,1-5H3,(H2,22,23,24);1H. The van der Waals surface area contributed by atoms with Crippen LogP contribution in [0, 0.1) is 0 Å². The number of halogens is 1. The predicted molar refractivity (Wildman–Crippen MR) is 125 cm³/mol. The molecule has 1 aliphatic rings. The molecule has 2 rings (SSSR count). The van der Waals surface area contributed by atoms with E-state index in [1.165, 1.54) is 12.8 Å². The summed E-state index contributed by atoms with van der Waals surface area (Å²) in [4.78, 5) is 16.0. The normalized spacial score (nSPS) is 14.7. The van der Waals surface area contributed by atoms with Gasteiger partial charge in [-0.1, -0.05) is 12.1 Å². The molecule has 0 amide bonds. The summed E-state index contributed by atoms with van der Waals surface area (Å²) < 4.78 is 17.0. The van der Waals surface area contributed by atoms with Crippen LogP contribution in [0.4, 0.5) is 0 Å². The van der Waals surface area contributed by atoms with Crippen molar-refractivity contribution >= 4 is 35.9 Å². The molecule has 1 fully saturated rings. The maximum Gasteiger partial charge on any atom is 0.325 e. The van der Waals surface area contributed by atoms with E-state index in [4.69, 9.17) is 14.2 Å². The van der Waals surface area contributed by atoms with Gasteiger partial charge in [-0.25, -0.2) is 0 Å². The monoisotopic (exact) mass is 519 g/mol. The smallest absolute Gasteiger partial charge is 0.325 e. The first-order valence-corrected chi connectivity index (χ1v) is 9.81. The SMILES string of the molecule is CN=C(NCC(=O)OC(C)(C)C)NCc1cccc(OC)c1OC1CCCC1.I. The first-order valence-electron chi connectivity index (χ1n) is 9.81. The number of carbonyl (C=O) groups excluding carboxylic acids is 1. The molecular weight excluding hydrogens is 485 g/mol. The van der Waals surface area contributed by atoms with Gasteiger partial charge in [-0.05, 0) is 52.5 Å². The molecule has 1 aromatic carbocycles. The van der Waals surface area contributed by atoms with Crippen LogP contribution in [0.25, 0.3) is 0 Å². The fraction of sp³-hybridized carbons (Fsp3) is 0.619. The molecular formula is C21H34IN3O4. The van der Waals surface area contributed by atoms with E-state index in [1.807, 2.05) is 39.0 Å². The highest BCUT2D eigenvalue weighted by atomic mass is 127. The highest BCUT2D eigenvalue weighted by Crippen LogP contribution is 2.34. The van der Waals surface area contributed by atoms with Crippen molar-refractivity contribution in [2.45, 2.75) is 64.7 Å². The van der Waals surface area contributed by atoms with Crippen molar-refractivity contribution < 1.29 is 19.0 Å². The van der Waals surface area contributed by atoms with Crippen LogP contribution < -0.4 is 20.1 Å². The Bertz CT molecular complexity index is 683. The lowest BCUT2D eigenvalue weighted by molar-refractivity contribution is -0.153. The summed E-state index contributed by atoms with van der Waals surface area (Å²) in [6.45, 7) is 6.06. The molecule has 0 radical (unpaired) electrons. The molecule has 0 aromatic heterocycles. The number of hydrogen-bond acceptors (Lipinski definition) is 5. The van der Waals surface area contributed by atoms with Gasteiger partial charge in [-0.2, -0.15) is 0 Å². The van der Waals surface area contributed by atoms with Crippen molar-refractivity contribution in [2.75, 3.05) is 20.7 Å². The molecule has 8 heteroatoms. The fourth-order valence-electron chi connectivity index (χ4n) is 3.10. The lowest BCUT2D eigenvalue weighted by Crippen LogP contribution is -2.41. The van der Waals surface area contributed by atoms with Gasteiger partial charge in [0.1, 0.15) is 12.1 Å². The molecule has 0 unspecified atom stereocenters. The van der Waals surface area contributed by atoms with Crippen LogP contribution in [0.1, 0.15) is 52.0 Å². The summed E-state index contributed by atoms with van der Waals surface area (Å²) in [6.07, 6.45) is 4.79. The van der Waals surface area contributed by atoms with E-state index in [0.717, 1.165) is 29.9 Å². The molecule has 7 nitrogen and oxygen atoms in total. The van der Waals surface area contributed by atoms with Crippen molar-refractivity contribution in [2.24, 2.45) is 4.99 Å². The van der Waals surface area contributed by atoms with Crippen LogP contribution in [0.2, 0.25) is 0 Å². The summed E-state index contributed by atoms with van der Waals surface area (Å²) >= 11 is 0. The number of carbonyl (C=O) groups is 1. The number of esters is 1. The van der Waals surface area contributed by atoms with E-state index in [0.29, 0.717) is 12.5 Å². The van der Waals surface area contributed by atoms with Crippen LogP contribution in [0.3, 0.4) is 0 Å². The lowest BCUT2D eigenvalue weighted by Gasteiger charge is -2.21. The lowest BCUT2D eigenvalue weighted by atomic mass is 10.1. The van der Waals surface area contributed by atoms with Crippen molar-refractivity contribution in [3.63, 3.8) is 0 Å². The van der Waals surface area contributed by atoms with Crippen LogP contribution in [-0.4, -0.2) is 44.3 Å². The van der Waals surface area contributed by atoms with Crippen LogP contribution >= 0.6 is 24.0 Å². The first kappa shape index (κ1) is 25.3. The van der Waals surface area contributed by atoms with E-state index in [2.05, 4.69) is 15.6 Å². The number of ether oxygens (including phenoxy) is 3. The van der Waals surface area contributed by atoms with Gasteiger partial charge in [0.15, 0.2) is 17.5 Å². The molecule has 29 heavy (non-hydrogen) atoms. The van der Waals surface area contributed by atoms with Gasteiger partial charge in [0.25, 0.3) is 0 Å². The van der Waals surface area contributed by atoms with E-state index < -0.39 is 5.60 Å². The molecule has 0 atom stereocenters. The summed E-state index contributed by atoms with van der Waals surface area (Å²) in [5.41, 5.74) is 0.467. The molecule has 0 saturated heterocycles. The molecule has 1 aliphatic carbocycles. The maximum absolute atomic E-state index is 11.9. The van der Waals surface area contributed by atoms with Gasteiger partial charge in [0.2, 0.25) is 0 Å². The predicted octanol–water partition coefficient (Wildman–Crippen LogP) is 3.64. The Morgan fingerprint density at radius 2 is 1.90 bits per heavy atom. The molecule has 0 heterocycles. The summed E-state index contributed by atoms with van der Waals surface area (Å²) in [7, 11) is 3.31. The quantitative estimate of drug-likeness (QED) is 0.248. The van der Waals surface area contributed by atoms with E-state index in [1.54, 1.807) is 14.2 Å². The average molecular weight is 519 g/mol. The average Bonchev–Trinajstić information content (AvgIpc) is 3.14. The molecule has 1 aromatic rings. The summed E-state index contributed by atoms with van der Waals surface area (Å²) in [5, 5.41) is 6.19. The van der Waals surface area contributed by atoms with Gasteiger partial charge >= 0.3 is 5.97 Å². The van der Waals surface area contributed by atoms with Crippen molar-refractivity contribution in [3.8, 4) is 11.5 Å². The zero-order chi connectivity index (χ0) is 20.6. The van der Waals surface area contributed by atoms with Gasteiger partial charge in [0.05, 0.1) is 13.2 Å². The number of guanidine groups is 1. The summed E-state index contributed by atoms with van der Waals surface area (Å²) in [6, 6.07) is 5.85. The largest absolute Gasteiger partial charge is 0.493 e. The number of rotatable bonds is 7. The Morgan fingerprint density at radius 1 is 1.21 bits per heavy atom. The Kier molecular flexibility index (Phi) is 10.6. The Labute approximate surface area is 191 Å². The second-order valence-electron chi connectivity index (χ2n) is 7.84. The molecule has 0 spiro atoms. The van der Waals surface area contributed by atoms with Gasteiger partial charge in [-0.15, -0.1) is 24.0 Å². The second-order valence-corrected chi connectivity index (χ2v) is 7.84. The Morgan fingerprint density at radius 3 is 2.48 bits per heavy atom. The number of nitrogens with one attached hydrogen (secondary N) is 2. The number of benzene rings is 1. The molecule has 0 aliphatic heterocycles. The van der Waals surface area contributed by atoms with Crippen LogP contribution in [-0.2, 0) is 16.1 Å². The Hall–Kier alpha value is -1.71. The number of methoxy groups -OCH3 is 1. The molecule has 164 valence electrons. The fourth-order valence-corrected chi connectivity index (χ4v) is 3.10. The summed E-state index contributed by atoms with van der Waals surface area (Å²) in [5.74, 6) is 1.68. The number of hydrogen-bond donors (Lipinski definition) is 2. The second kappa shape index (κ2) is 12.1. The topological polar surface area (TPSA) is 81.2 Å². The molecule has 0 bridgehead atoms.